The molecule has 1 aliphatic rings. The van der Waals surface area contributed by atoms with E-state index in [2.05, 4.69) is 18.8 Å². The van der Waals surface area contributed by atoms with Crippen LogP contribution in [0, 0.1) is 12.8 Å². The van der Waals surface area contributed by atoms with Crippen LogP contribution in [0.4, 0.5) is 0 Å². The number of carbonyl (C=O) groups excluding carboxylic acids is 2. The van der Waals surface area contributed by atoms with E-state index in [9.17, 15) is 9.59 Å². The molecule has 2 rings (SSSR count). The smallest absolute Gasteiger partial charge is 0.245 e. The van der Waals surface area contributed by atoms with Crippen molar-refractivity contribution < 1.29 is 9.59 Å². The summed E-state index contributed by atoms with van der Waals surface area (Å²) in [6.45, 7) is 9.94. The van der Waals surface area contributed by atoms with Gasteiger partial charge in [0.15, 0.2) is 0 Å². The van der Waals surface area contributed by atoms with E-state index in [0.717, 1.165) is 17.2 Å². The first kappa shape index (κ1) is 15.9. The maximum absolute atomic E-state index is 12.4. The molecule has 1 aromatic rings. The maximum atomic E-state index is 12.4. The van der Waals surface area contributed by atoms with Gasteiger partial charge < -0.3 is 9.80 Å². The zero-order valence-electron chi connectivity index (χ0n) is 13.1. The third kappa shape index (κ3) is 3.81. The Hall–Kier alpha value is -1.43. The van der Waals surface area contributed by atoms with E-state index in [1.807, 2.05) is 24.1 Å². The Morgan fingerprint density at radius 3 is 2.76 bits per heavy atom. The van der Waals surface area contributed by atoms with Crippen LogP contribution in [-0.4, -0.2) is 52.3 Å². The van der Waals surface area contributed by atoms with Gasteiger partial charge in [-0.15, -0.1) is 11.3 Å². The molecule has 1 saturated heterocycles. The highest BCUT2D eigenvalue weighted by Gasteiger charge is 2.34. The molecule has 6 heteroatoms. The zero-order valence-corrected chi connectivity index (χ0v) is 13.9. The SMILES string of the molecule is Cc1nc(CC(=O)N2CCN(CC(C)C)C(=O)C2C)cs1. The lowest BCUT2D eigenvalue weighted by Crippen LogP contribution is -2.58. The molecule has 1 unspecified atom stereocenters. The number of aryl methyl sites for hydroxylation is 1. The van der Waals surface area contributed by atoms with Gasteiger partial charge in [-0.1, -0.05) is 13.8 Å². The summed E-state index contributed by atoms with van der Waals surface area (Å²) in [6, 6.07) is -0.371. The molecule has 21 heavy (non-hydrogen) atoms. The van der Waals surface area contributed by atoms with Gasteiger partial charge >= 0.3 is 0 Å². The van der Waals surface area contributed by atoms with Crippen molar-refractivity contribution in [1.29, 1.82) is 0 Å². The van der Waals surface area contributed by atoms with Crippen molar-refractivity contribution in [3.8, 4) is 0 Å². The highest BCUT2D eigenvalue weighted by atomic mass is 32.1. The molecule has 0 spiro atoms. The summed E-state index contributed by atoms with van der Waals surface area (Å²) < 4.78 is 0. The van der Waals surface area contributed by atoms with Crippen LogP contribution < -0.4 is 0 Å². The molecule has 1 fully saturated rings. The first-order valence-corrected chi connectivity index (χ1v) is 8.25. The number of rotatable bonds is 4. The average Bonchev–Trinajstić information content (AvgIpc) is 2.80. The van der Waals surface area contributed by atoms with E-state index in [4.69, 9.17) is 0 Å². The molecular formula is C15H23N3O2S. The minimum atomic E-state index is -0.371. The number of hydrogen-bond donors (Lipinski definition) is 0. The topological polar surface area (TPSA) is 53.5 Å². The summed E-state index contributed by atoms with van der Waals surface area (Å²) in [5.74, 6) is 0.490. The van der Waals surface area contributed by atoms with Gasteiger partial charge in [-0.05, 0) is 19.8 Å². The van der Waals surface area contributed by atoms with Gasteiger partial charge in [0.25, 0.3) is 0 Å². The Bertz CT molecular complexity index is 527. The van der Waals surface area contributed by atoms with Crippen molar-refractivity contribution in [3.05, 3.63) is 16.1 Å². The van der Waals surface area contributed by atoms with Gasteiger partial charge in [0, 0.05) is 25.0 Å². The first-order chi connectivity index (χ1) is 9.88. The summed E-state index contributed by atoms with van der Waals surface area (Å²) in [6.07, 6.45) is 0.284. The fraction of sp³-hybridized carbons (Fsp3) is 0.667. The molecule has 1 aromatic heterocycles. The Morgan fingerprint density at radius 2 is 2.19 bits per heavy atom. The molecular weight excluding hydrogens is 286 g/mol. The fourth-order valence-electron chi connectivity index (χ4n) is 2.64. The van der Waals surface area contributed by atoms with Crippen molar-refractivity contribution in [3.63, 3.8) is 0 Å². The van der Waals surface area contributed by atoms with Crippen LogP contribution in [0.5, 0.6) is 0 Å². The molecule has 0 radical (unpaired) electrons. The molecule has 0 N–H and O–H groups in total. The zero-order chi connectivity index (χ0) is 15.6. The molecule has 2 heterocycles. The van der Waals surface area contributed by atoms with Gasteiger partial charge in [0.2, 0.25) is 11.8 Å². The largest absolute Gasteiger partial charge is 0.339 e. The predicted molar refractivity (Wildman–Crippen MR) is 83.1 cm³/mol. The normalized spacial score (nSPS) is 19.5. The van der Waals surface area contributed by atoms with Crippen LogP contribution in [0.1, 0.15) is 31.5 Å². The fourth-order valence-corrected chi connectivity index (χ4v) is 3.25. The van der Waals surface area contributed by atoms with Crippen molar-refractivity contribution in [1.82, 2.24) is 14.8 Å². The highest BCUT2D eigenvalue weighted by molar-refractivity contribution is 7.09. The standard InChI is InChI=1S/C15H23N3O2S/c1-10(2)8-17-5-6-18(11(3)15(17)20)14(19)7-13-9-21-12(4)16-13/h9-11H,5-8H2,1-4H3. The minimum Gasteiger partial charge on any atom is -0.339 e. The quantitative estimate of drug-likeness (QED) is 0.851. The third-order valence-corrected chi connectivity index (χ3v) is 4.47. The van der Waals surface area contributed by atoms with Crippen LogP contribution in [0.25, 0.3) is 0 Å². The van der Waals surface area contributed by atoms with Gasteiger partial charge in [-0.25, -0.2) is 4.98 Å². The molecule has 0 aromatic carbocycles. The average molecular weight is 309 g/mol. The number of nitrogens with zero attached hydrogens (tertiary/aromatic N) is 3. The van der Waals surface area contributed by atoms with Crippen molar-refractivity contribution in [2.24, 2.45) is 5.92 Å². The monoisotopic (exact) mass is 309 g/mol. The van der Waals surface area contributed by atoms with Crippen LogP contribution in [0.15, 0.2) is 5.38 Å². The third-order valence-electron chi connectivity index (χ3n) is 3.65. The summed E-state index contributed by atoms with van der Waals surface area (Å²) in [5, 5.41) is 2.87. The summed E-state index contributed by atoms with van der Waals surface area (Å²) in [5.41, 5.74) is 0.798. The lowest BCUT2D eigenvalue weighted by molar-refractivity contribution is -0.150. The Kier molecular flexibility index (Phi) is 4.98. The number of piperazine rings is 1. The van der Waals surface area contributed by atoms with Crippen molar-refractivity contribution in [2.75, 3.05) is 19.6 Å². The number of carbonyl (C=O) groups is 2. The van der Waals surface area contributed by atoms with Crippen LogP contribution in [0.3, 0.4) is 0 Å². The summed E-state index contributed by atoms with van der Waals surface area (Å²) in [7, 11) is 0. The number of thiazole rings is 1. The van der Waals surface area contributed by atoms with Gasteiger partial charge in [-0.2, -0.15) is 0 Å². The summed E-state index contributed by atoms with van der Waals surface area (Å²) in [4.78, 5) is 32.6. The number of aromatic nitrogens is 1. The van der Waals surface area contributed by atoms with E-state index in [1.54, 1.807) is 16.2 Å². The first-order valence-electron chi connectivity index (χ1n) is 7.37. The molecule has 0 saturated carbocycles. The van der Waals surface area contributed by atoms with Crippen LogP contribution in [-0.2, 0) is 16.0 Å². The molecule has 2 amide bonds. The van der Waals surface area contributed by atoms with Crippen LogP contribution in [0.2, 0.25) is 0 Å². The lowest BCUT2D eigenvalue weighted by Gasteiger charge is -2.39. The van der Waals surface area contributed by atoms with Gasteiger partial charge in [0.05, 0.1) is 17.1 Å². The highest BCUT2D eigenvalue weighted by Crippen LogP contribution is 2.16. The second-order valence-electron chi connectivity index (χ2n) is 5.98. The molecule has 5 nitrogen and oxygen atoms in total. The number of hydrogen-bond acceptors (Lipinski definition) is 4. The van der Waals surface area contributed by atoms with E-state index >= 15 is 0 Å². The second-order valence-corrected chi connectivity index (χ2v) is 7.04. The molecule has 116 valence electrons. The Balaban J connectivity index is 1.98. The Labute approximate surface area is 130 Å². The minimum absolute atomic E-state index is 0.00894. The van der Waals surface area contributed by atoms with E-state index in [0.29, 0.717) is 19.0 Å². The Morgan fingerprint density at radius 1 is 1.48 bits per heavy atom. The molecule has 1 aliphatic heterocycles. The number of amides is 2. The van der Waals surface area contributed by atoms with Crippen molar-refractivity contribution >= 4 is 23.2 Å². The molecule has 1 atom stereocenters. The lowest BCUT2D eigenvalue weighted by atomic mass is 10.1. The second kappa shape index (κ2) is 6.56. The summed E-state index contributed by atoms with van der Waals surface area (Å²) >= 11 is 1.54. The van der Waals surface area contributed by atoms with Gasteiger partial charge in [0.1, 0.15) is 6.04 Å². The molecule has 0 aliphatic carbocycles. The van der Waals surface area contributed by atoms with Gasteiger partial charge in [-0.3, -0.25) is 9.59 Å². The van der Waals surface area contributed by atoms with E-state index in [1.165, 1.54) is 0 Å². The van der Waals surface area contributed by atoms with Crippen molar-refractivity contribution in [2.45, 2.75) is 40.2 Å². The van der Waals surface area contributed by atoms with E-state index < -0.39 is 0 Å². The maximum Gasteiger partial charge on any atom is 0.245 e. The van der Waals surface area contributed by atoms with Crippen LogP contribution >= 0.6 is 11.3 Å². The predicted octanol–water partition coefficient (Wildman–Crippen LogP) is 1.71. The molecule has 0 bridgehead atoms. The van der Waals surface area contributed by atoms with E-state index in [-0.39, 0.29) is 24.3 Å².